The maximum atomic E-state index is 13.0. The predicted octanol–water partition coefficient (Wildman–Crippen LogP) is 16.9. The Labute approximate surface area is 422 Å². The molecule has 3 unspecified atom stereocenters. The molecule has 0 saturated heterocycles. The van der Waals surface area contributed by atoms with E-state index in [2.05, 4.69) is 67.8 Å². The number of phosphoric acid groups is 1. The van der Waals surface area contributed by atoms with Crippen LogP contribution in [0.1, 0.15) is 271 Å². The Bertz CT molecular complexity index is 1250. The number of quaternary nitrogens is 1. The number of allylic oxidation sites excluding steroid dienone is 8. The zero-order valence-corrected chi connectivity index (χ0v) is 46.5. The molecule has 68 heavy (non-hydrogen) atoms. The van der Waals surface area contributed by atoms with Gasteiger partial charge < -0.3 is 28.8 Å². The van der Waals surface area contributed by atoms with Crippen molar-refractivity contribution in [3.63, 3.8) is 0 Å². The van der Waals surface area contributed by atoms with Gasteiger partial charge in [0.15, 0.2) is 0 Å². The zero-order chi connectivity index (χ0) is 49.9. The number of hydrogen-bond donors (Lipinski definition) is 2. The van der Waals surface area contributed by atoms with Gasteiger partial charge >= 0.3 is 0 Å². The summed E-state index contributed by atoms with van der Waals surface area (Å²) in [5.41, 5.74) is 0. The van der Waals surface area contributed by atoms with Crippen LogP contribution in [-0.4, -0.2) is 68.5 Å². The molecule has 0 rings (SSSR count). The topological polar surface area (TPSA) is 108 Å². The number of nitrogens with zero attached hydrogens (tertiary/aromatic N) is 1. The van der Waals surface area contributed by atoms with E-state index in [0.29, 0.717) is 23.9 Å². The first-order valence-electron chi connectivity index (χ1n) is 29.0. The largest absolute Gasteiger partial charge is 0.756 e. The van der Waals surface area contributed by atoms with Gasteiger partial charge in [-0.2, -0.15) is 0 Å². The minimum atomic E-state index is -4.57. The van der Waals surface area contributed by atoms with E-state index in [1.54, 1.807) is 0 Å². The molecule has 400 valence electrons. The highest BCUT2D eigenvalue weighted by atomic mass is 31.2. The second-order valence-corrected chi connectivity index (χ2v) is 22.4. The Hall–Kier alpha value is -1.54. The van der Waals surface area contributed by atoms with Crippen LogP contribution in [0.4, 0.5) is 0 Å². The molecule has 0 aromatic rings. The van der Waals surface area contributed by atoms with E-state index >= 15 is 0 Å². The summed E-state index contributed by atoms with van der Waals surface area (Å²) >= 11 is 0. The van der Waals surface area contributed by atoms with Crippen LogP contribution >= 0.6 is 7.82 Å². The van der Waals surface area contributed by atoms with Crippen molar-refractivity contribution in [2.45, 2.75) is 283 Å². The average molecular weight is 978 g/mol. The molecular formula is C59H113N2O6P. The predicted molar refractivity (Wildman–Crippen MR) is 293 cm³/mol. The maximum Gasteiger partial charge on any atom is 0.268 e. The lowest BCUT2D eigenvalue weighted by Crippen LogP contribution is -2.46. The van der Waals surface area contributed by atoms with Gasteiger partial charge in [-0.15, -0.1) is 0 Å². The molecule has 1 amide bonds. The number of carbonyl (C=O) groups excluding carboxylic acids is 1. The fraction of sp³-hybridized carbons (Fsp3) is 0.847. The van der Waals surface area contributed by atoms with Gasteiger partial charge in [0, 0.05) is 6.42 Å². The summed E-state index contributed by atoms with van der Waals surface area (Å²) in [6.45, 7) is 4.63. The summed E-state index contributed by atoms with van der Waals surface area (Å²) in [5.74, 6) is -0.162. The molecule has 0 spiro atoms. The lowest BCUT2D eigenvalue weighted by atomic mass is 10.0. The van der Waals surface area contributed by atoms with Gasteiger partial charge in [-0.25, -0.2) is 0 Å². The second-order valence-electron chi connectivity index (χ2n) is 21.0. The normalized spacial score (nSPS) is 14.3. The molecule has 0 heterocycles. The van der Waals surface area contributed by atoms with Gasteiger partial charge in [0.05, 0.1) is 39.9 Å². The van der Waals surface area contributed by atoms with Crippen LogP contribution < -0.4 is 10.2 Å². The fourth-order valence-electron chi connectivity index (χ4n) is 8.56. The summed E-state index contributed by atoms with van der Waals surface area (Å²) in [7, 11) is 1.31. The first kappa shape index (κ1) is 66.5. The third kappa shape index (κ3) is 52.3. The van der Waals surface area contributed by atoms with Crippen LogP contribution in [0.25, 0.3) is 0 Å². The number of phosphoric ester groups is 1. The molecule has 0 aliphatic heterocycles. The number of hydrogen-bond acceptors (Lipinski definition) is 6. The van der Waals surface area contributed by atoms with E-state index < -0.39 is 20.0 Å². The highest BCUT2D eigenvalue weighted by Gasteiger charge is 2.24. The van der Waals surface area contributed by atoms with Gasteiger partial charge in [-0.3, -0.25) is 9.36 Å². The molecule has 0 saturated carbocycles. The number of aliphatic hydroxyl groups excluding tert-OH is 1. The van der Waals surface area contributed by atoms with Crippen molar-refractivity contribution in [2.24, 2.45) is 0 Å². The van der Waals surface area contributed by atoms with Crippen LogP contribution in [0.3, 0.4) is 0 Å². The lowest BCUT2D eigenvalue weighted by Gasteiger charge is -2.30. The Morgan fingerprint density at radius 3 is 1.31 bits per heavy atom. The second kappa shape index (κ2) is 50.4. The van der Waals surface area contributed by atoms with Crippen LogP contribution in [0.5, 0.6) is 0 Å². The molecule has 0 aliphatic carbocycles. The molecular weight excluding hydrogens is 864 g/mol. The Balaban J connectivity index is 4.04. The molecule has 8 nitrogen and oxygen atoms in total. The number of unbranched alkanes of at least 4 members (excludes halogenated alkanes) is 32. The quantitative estimate of drug-likeness (QED) is 0.0272. The molecule has 0 aliphatic rings. The number of amides is 1. The fourth-order valence-corrected chi connectivity index (χ4v) is 9.29. The van der Waals surface area contributed by atoms with Crippen molar-refractivity contribution in [1.29, 1.82) is 0 Å². The van der Waals surface area contributed by atoms with Crippen molar-refractivity contribution in [3.05, 3.63) is 48.6 Å². The van der Waals surface area contributed by atoms with Gasteiger partial charge in [-0.05, 0) is 51.4 Å². The minimum Gasteiger partial charge on any atom is -0.756 e. The molecule has 9 heteroatoms. The average Bonchev–Trinajstić information content (AvgIpc) is 3.30. The zero-order valence-electron chi connectivity index (χ0n) is 45.6. The molecule has 0 aromatic heterocycles. The van der Waals surface area contributed by atoms with Gasteiger partial charge in [-0.1, -0.05) is 262 Å². The smallest absolute Gasteiger partial charge is 0.268 e. The third-order valence-corrected chi connectivity index (χ3v) is 14.0. The van der Waals surface area contributed by atoms with Crippen LogP contribution in [-0.2, 0) is 18.4 Å². The van der Waals surface area contributed by atoms with Crippen molar-refractivity contribution in [2.75, 3.05) is 40.9 Å². The van der Waals surface area contributed by atoms with Gasteiger partial charge in [0.25, 0.3) is 7.82 Å². The third-order valence-electron chi connectivity index (χ3n) is 13.1. The Morgan fingerprint density at radius 2 is 0.897 bits per heavy atom. The highest BCUT2D eigenvalue weighted by Crippen LogP contribution is 2.38. The summed E-state index contributed by atoms with van der Waals surface area (Å²) in [4.78, 5) is 25.5. The van der Waals surface area contributed by atoms with Crippen molar-refractivity contribution >= 4 is 13.7 Å². The molecule has 3 atom stereocenters. The molecule has 2 N–H and O–H groups in total. The van der Waals surface area contributed by atoms with E-state index in [4.69, 9.17) is 9.05 Å². The minimum absolute atomic E-state index is 0.0130. The first-order valence-corrected chi connectivity index (χ1v) is 30.4. The maximum absolute atomic E-state index is 13.0. The SMILES string of the molecule is CC/C=C\C/C=C\C/C=C\C/C=C\CCCCCCCCCCCCCCCCCCCCC(=O)NC(COP(=O)([O-])OCC[N+](C)(C)C)C(O)CCCCCCCCCCCCCCCCC. The first-order chi connectivity index (χ1) is 33.0. The summed E-state index contributed by atoms with van der Waals surface area (Å²) in [6.07, 6.45) is 65.7. The van der Waals surface area contributed by atoms with E-state index in [0.717, 1.165) is 64.2 Å². The molecule has 0 bridgehead atoms. The van der Waals surface area contributed by atoms with E-state index in [1.807, 2.05) is 21.1 Å². The van der Waals surface area contributed by atoms with Crippen LogP contribution in [0, 0.1) is 0 Å². The Morgan fingerprint density at radius 1 is 0.529 bits per heavy atom. The van der Waals surface area contributed by atoms with E-state index in [9.17, 15) is 19.4 Å². The monoisotopic (exact) mass is 977 g/mol. The van der Waals surface area contributed by atoms with Crippen molar-refractivity contribution < 1.29 is 32.9 Å². The molecule has 0 aromatic carbocycles. The summed E-state index contributed by atoms with van der Waals surface area (Å²) in [6, 6.07) is -0.800. The number of rotatable bonds is 53. The van der Waals surface area contributed by atoms with Crippen molar-refractivity contribution in [1.82, 2.24) is 5.32 Å². The molecule has 0 radical (unpaired) electrons. The summed E-state index contributed by atoms with van der Waals surface area (Å²) in [5, 5.41) is 14.0. The van der Waals surface area contributed by atoms with Crippen LogP contribution in [0.2, 0.25) is 0 Å². The Kier molecular flexibility index (Phi) is 49.3. The number of likely N-dealkylation sites (N-methyl/N-ethyl adjacent to an activating group) is 1. The number of aliphatic hydroxyl groups is 1. The van der Waals surface area contributed by atoms with Crippen molar-refractivity contribution in [3.8, 4) is 0 Å². The number of carbonyl (C=O) groups is 1. The lowest BCUT2D eigenvalue weighted by molar-refractivity contribution is -0.870. The standard InChI is InChI=1S/C59H113N2O6P/c1-6-8-10-12-14-16-18-20-22-23-24-25-26-27-28-29-30-31-32-33-34-35-36-37-39-41-43-45-47-49-51-53-59(63)60-57(56-67-68(64,65)66-55-54-61(3,4)5)58(62)52-50-48-46-44-42-40-38-21-19-17-15-13-11-9-7-2/h8,10,14,16,20,22,24-25,57-58,62H,6-7,9,11-13,15,17-19,21,23,26-56H2,1-5H3,(H-,60,63,64,65)/b10-8-,16-14-,22-20-,25-24-. The number of nitrogens with one attached hydrogen (secondary N) is 1. The van der Waals surface area contributed by atoms with Gasteiger partial charge in [0.2, 0.25) is 5.91 Å². The van der Waals surface area contributed by atoms with E-state index in [1.165, 1.54) is 180 Å². The highest BCUT2D eigenvalue weighted by molar-refractivity contribution is 7.45. The van der Waals surface area contributed by atoms with E-state index in [-0.39, 0.29) is 19.1 Å². The summed E-state index contributed by atoms with van der Waals surface area (Å²) < 4.78 is 23.4. The van der Waals surface area contributed by atoms with Crippen LogP contribution in [0.15, 0.2) is 48.6 Å². The van der Waals surface area contributed by atoms with Gasteiger partial charge in [0.1, 0.15) is 13.2 Å². The molecule has 0 fully saturated rings.